The fourth-order valence-electron chi connectivity index (χ4n) is 2.61. The molecular weight excluding hydrogens is 302 g/mol. The van der Waals surface area contributed by atoms with Crippen molar-refractivity contribution < 1.29 is 9.90 Å². The number of aliphatic hydroxyl groups is 1. The molecule has 1 aromatic carbocycles. The van der Waals surface area contributed by atoms with E-state index in [0.29, 0.717) is 17.1 Å². The average molecular weight is 326 g/mol. The monoisotopic (exact) mass is 325 g/mol. The molecule has 0 aliphatic carbocycles. The Labute approximate surface area is 136 Å². The van der Waals surface area contributed by atoms with Crippen LogP contribution >= 0.6 is 11.6 Å². The molecule has 122 valence electrons. The van der Waals surface area contributed by atoms with E-state index in [1.807, 2.05) is 19.1 Å². The van der Waals surface area contributed by atoms with Crippen molar-refractivity contribution >= 4 is 29.0 Å². The summed E-state index contributed by atoms with van der Waals surface area (Å²) >= 11 is 6.35. The van der Waals surface area contributed by atoms with Crippen LogP contribution in [0.15, 0.2) is 18.2 Å². The van der Waals surface area contributed by atoms with E-state index in [1.54, 1.807) is 6.07 Å². The molecule has 5 nitrogen and oxygen atoms in total. The van der Waals surface area contributed by atoms with Gasteiger partial charge >= 0.3 is 6.03 Å². The van der Waals surface area contributed by atoms with Crippen LogP contribution in [0, 0.1) is 0 Å². The molecule has 1 heterocycles. The van der Waals surface area contributed by atoms with Crippen LogP contribution in [0.3, 0.4) is 0 Å². The van der Waals surface area contributed by atoms with E-state index in [2.05, 4.69) is 15.5 Å². The number of rotatable bonds is 5. The van der Waals surface area contributed by atoms with Crippen LogP contribution in [0.1, 0.15) is 32.6 Å². The molecule has 1 aromatic rings. The van der Waals surface area contributed by atoms with Crippen molar-refractivity contribution in [1.29, 1.82) is 0 Å². The van der Waals surface area contributed by atoms with E-state index in [1.165, 1.54) is 19.3 Å². The third-order valence-electron chi connectivity index (χ3n) is 3.95. The van der Waals surface area contributed by atoms with Crippen LogP contribution in [0.4, 0.5) is 16.2 Å². The second-order valence-electron chi connectivity index (χ2n) is 5.60. The van der Waals surface area contributed by atoms with Gasteiger partial charge in [-0.1, -0.05) is 18.5 Å². The summed E-state index contributed by atoms with van der Waals surface area (Å²) in [6, 6.07) is 5.01. The fourth-order valence-corrected chi connectivity index (χ4v) is 2.91. The maximum absolute atomic E-state index is 11.9. The second-order valence-corrected chi connectivity index (χ2v) is 6.01. The van der Waals surface area contributed by atoms with Gasteiger partial charge in [0.1, 0.15) is 0 Å². The van der Waals surface area contributed by atoms with E-state index in [9.17, 15) is 4.79 Å². The van der Waals surface area contributed by atoms with E-state index >= 15 is 0 Å². The summed E-state index contributed by atoms with van der Waals surface area (Å²) in [5, 5.41) is 15.2. The maximum atomic E-state index is 11.9. The highest BCUT2D eigenvalue weighted by Crippen LogP contribution is 2.30. The summed E-state index contributed by atoms with van der Waals surface area (Å²) in [6.07, 6.45) is 4.34. The zero-order valence-electron chi connectivity index (χ0n) is 12.9. The summed E-state index contributed by atoms with van der Waals surface area (Å²) in [5.41, 5.74) is 1.67. The summed E-state index contributed by atoms with van der Waals surface area (Å²) in [4.78, 5) is 14.1. The van der Waals surface area contributed by atoms with Gasteiger partial charge < -0.3 is 20.6 Å². The zero-order chi connectivity index (χ0) is 15.9. The van der Waals surface area contributed by atoms with E-state index in [4.69, 9.17) is 16.7 Å². The predicted octanol–water partition coefficient (Wildman–Crippen LogP) is 3.22. The van der Waals surface area contributed by atoms with E-state index in [0.717, 1.165) is 18.8 Å². The lowest BCUT2D eigenvalue weighted by molar-refractivity contribution is 0.222. The molecule has 1 atom stereocenters. The SMILES string of the molecule is CCC(CO)NC(=O)Nc1ccc(N2CCCCC2)c(Cl)c1. The normalized spacial score (nSPS) is 16.2. The zero-order valence-corrected chi connectivity index (χ0v) is 13.7. The largest absolute Gasteiger partial charge is 0.394 e. The molecule has 1 fully saturated rings. The van der Waals surface area contributed by atoms with Crippen LogP contribution in [0.5, 0.6) is 0 Å². The minimum atomic E-state index is -0.331. The molecule has 1 unspecified atom stereocenters. The molecule has 0 radical (unpaired) electrons. The maximum Gasteiger partial charge on any atom is 0.319 e. The molecule has 0 bridgehead atoms. The number of urea groups is 1. The lowest BCUT2D eigenvalue weighted by Gasteiger charge is -2.29. The smallest absolute Gasteiger partial charge is 0.319 e. The summed E-state index contributed by atoms with van der Waals surface area (Å²) in [6.45, 7) is 3.90. The third-order valence-corrected chi connectivity index (χ3v) is 4.25. The predicted molar refractivity (Wildman–Crippen MR) is 90.8 cm³/mol. The molecule has 2 amide bonds. The first-order valence-electron chi connectivity index (χ1n) is 7.87. The molecule has 0 spiro atoms. The van der Waals surface area contributed by atoms with Gasteiger partial charge in [-0.3, -0.25) is 0 Å². The number of nitrogens with one attached hydrogen (secondary N) is 2. The summed E-state index contributed by atoms with van der Waals surface area (Å²) in [7, 11) is 0. The van der Waals surface area contributed by atoms with Crippen LogP contribution < -0.4 is 15.5 Å². The Kier molecular flexibility index (Phi) is 6.34. The number of hydrogen-bond donors (Lipinski definition) is 3. The molecule has 2 rings (SSSR count). The molecule has 22 heavy (non-hydrogen) atoms. The molecule has 1 aliphatic heterocycles. The van der Waals surface area contributed by atoms with E-state index < -0.39 is 0 Å². The van der Waals surface area contributed by atoms with Crippen molar-refractivity contribution in [2.45, 2.75) is 38.6 Å². The van der Waals surface area contributed by atoms with Crippen molar-refractivity contribution in [3.05, 3.63) is 23.2 Å². The van der Waals surface area contributed by atoms with Gasteiger partial charge in [-0.05, 0) is 43.9 Å². The van der Waals surface area contributed by atoms with Gasteiger partial charge in [0, 0.05) is 18.8 Å². The van der Waals surface area contributed by atoms with Gasteiger partial charge in [-0.25, -0.2) is 4.79 Å². The first-order valence-corrected chi connectivity index (χ1v) is 8.24. The average Bonchev–Trinajstić information content (AvgIpc) is 2.53. The van der Waals surface area contributed by atoms with Crippen LogP contribution in [-0.2, 0) is 0 Å². The van der Waals surface area contributed by atoms with Crippen molar-refractivity contribution in [1.82, 2.24) is 5.32 Å². The molecule has 1 aliphatic rings. The Bertz CT molecular complexity index is 500. The molecule has 0 saturated carbocycles. The van der Waals surface area contributed by atoms with Crippen LogP contribution in [0.2, 0.25) is 5.02 Å². The topological polar surface area (TPSA) is 64.6 Å². The lowest BCUT2D eigenvalue weighted by Crippen LogP contribution is -2.39. The van der Waals surface area contributed by atoms with Crippen molar-refractivity contribution in [2.24, 2.45) is 0 Å². The lowest BCUT2D eigenvalue weighted by atomic mass is 10.1. The second kappa shape index (κ2) is 8.25. The minimum absolute atomic E-state index is 0.0709. The highest BCUT2D eigenvalue weighted by Gasteiger charge is 2.15. The Morgan fingerprint density at radius 3 is 2.68 bits per heavy atom. The van der Waals surface area contributed by atoms with Gasteiger partial charge in [-0.15, -0.1) is 0 Å². The van der Waals surface area contributed by atoms with Gasteiger partial charge in [0.05, 0.1) is 23.4 Å². The fraction of sp³-hybridized carbons (Fsp3) is 0.562. The molecule has 3 N–H and O–H groups in total. The van der Waals surface area contributed by atoms with Crippen LogP contribution in [0.25, 0.3) is 0 Å². The Hall–Kier alpha value is -1.46. The van der Waals surface area contributed by atoms with Gasteiger partial charge in [0.2, 0.25) is 0 Å². The van der Waals surface area contributed by atoms with Gasteiger partial charge in [0.25, 0.3) is 0 Å². The van der Waals surface area contributed by atoms with Gasteiger partial charge in [-0.2, -0.15) is 0 Å². The summed E-state index contributed by atoms with van der Waals surface area (Å²) < 4.78 is 0. The number of nitrogens with zero attached hydrogens (tertiary/aromatic N) is 1. The highest BCUT2D eigenvalue weighted by molar-refractivity contribution is 6.33. The third kappa shape index (κ3) is 4.52. The minimum Gasteiger partial charge on any atom is -0.394 e. The number of carbonyl (C=O) groups is 1. The molecule has 0 aromatic heterocycles. The standard InChI is InChI=1S/C16H24ClN3O2/c1-2-12(11-21)18-16(22)19-13-6-7-15(14(17)10-13)20-8-4-3-5-9-20/h6-7,10,12,21H,2-5,8-9,11H2,1H3,(H2,18,19,22). The van der Waals surface area contributed by atoms with E-state index in [-0.39, 0.29) is 18.7 Å². The number of benzene rings is 1. The van der Waals surface area contributed by atoms with Crippen molar-refractivity contribution in [2.75, 3.05) is 29.9 Å². The number of halogens is 1. The van der Waals surface area contributed by atoms with Crippen molar-refractivity contribution in [3.8, 4) is 0 Å². The Morgan fingerprint density at radius 2 is 2.09 bits per heavy atom. The molecular formula is C16H24ClN3O2. The number of piperidine rings is 1. The van der Waals surface area contributed by atoms with Crippen molar-refractivity contribution in [3.63, 3.8) is 0 Å². The molecule has 1 saturated heterocycles. The quantitative estimate of drug-likeness (QED) is 0.778. The Morgan fingerprint density at radius 1 is 1.36 bits per heavy atom. The van der Waals surface area contributed by atoms with Crippen LogP contribution in [-0.4, -0.2) is 36.9 Å². The molecule has 6 heteroatoms. The number of anilines is 2. The number of amides is 2. The first kappa shape index (κ1) is 16.9. The number of hydrogen-bond acceptors (Lipinski definition) is 3. The number of carbonyl (C=O) groups excluding carboxylic acids is 1. The highest BCUT2D eigenvalue weighted by atomic mass is 35.5. The Balaban J connectivity index is 1.98. The van der Waals surface area contributed by atoms with Gasteiger partial charge in [0.15, 0.2) is 0 Å². The first-order chi connectivity index (χ1) is 10.6. The number of aliphatic hydroxyl groups excluding tert-OH is 1. The summed E-state index contributed by atoms with van der Waals surface area (Å²) in [5.74, 6) is 0.